The summed E-state index contributed by atoms with van der Waals surface area (Å²) in [6, 6.07) is 17.1. The van der Waals surface area contributed by atoms with Crippen LogP contribution in [0.25, 0.3) is 5.57 Å². The number of hydrogen-bond donors (Lipinski definition) is 1. The van der Waals surface area contributed by atoms with Crippen molar-refractivity contribution in [2.75, 3.05) is 26.0 Å². The Kier molecular flexibility index (Phi) is 4.30. The number of nitrogens with one attached hydrogen (secondary N) is 1. The van der Waals surface area contributed by atoms with Gasteiger partial charge in [0, 0.05) is 17.9 Å². The lowest BCUT2D eigenvalue weighted by Gasteiger charge is -2.13. The topological polar surface area (TPSA) is 15.3 Å². The highest BCUT2D eigenvalue weighted by Gasteiger charge is 2.19. The molecule has 2 aromatic carbocycles. The van der Waals surface area contributed by atoms with Gasteiger partial charge in [-0.05, 0) is 74.8 Å². The fourth-order valence-corrected chi connectivity index (χ4v) is 3.08. The predicted molar refractivity (Wildman–Crippen MR) is 95.6 cm³/mol. The summed E-state index contributed by atoms with van der Waals surface area (Å²) in [4.78, 5) is 2.25. The lowest BCUT2D eigenvalue weighted by molar-refractivity contribution is 0.419. The first kappa shape index (κ1) is 14.9. The molecule has 2 heteroatoms. The van der Waals surface area contributed by atoms with Gasteiger partial charge in [0.2, 0.25) is 0 Å². The largest absolute Gasteiger partial charge is 0.356 e. The molecule has 3 rings (SSSR count). The summed E-state index contributed by atoms with van der Waals surface area (Å²) in [5, 5.41) is 3.50. The molecule has 0 fully saturated rings. The van der Waals surface area contributed by atoms with Crippen LogP contribution in [0, 0.1) is 0 Å². The molecule has 1 aliphatic carbocycles. The molecular weight excluding hydrogens is 268 g/mol. The molecule has 0 atom stereocenters. The van der Waals surface area contributed by atoms with Crippen molar-refractivity contribution >= 4 is 16.9 Å². The smallest absolute Gasteiger partial charge is 0.0390 e. The molecule has 1 aliphatic rings. The number of allylic oxidation sites excluding steroid dienone is 1. The van der Waals surface area contributed by atoms with Gasteiger partial charge in [0.1, 0.15) is 0 Å². The number of anilines is 2. The second-order valence-corrected chi connectivity index (χ2v) is 6.35. The van der Waals surface area contributed by atoms with Gasteiger partial charge in [-0.15, -0.1) is 0 Å². The first-order chi connectivity index (χ1) is 10.6. The van der Waals surface area contributed by atoms with Crippen LogP contribution in [0.5, 0.6) is 0 Å². The molecule has 114 valence electrons. The highest BCUT2D eigenvalue weighted by Crippen LogP contribution is 2.36. The van der Waals surface area contributed by atoms with Gasteiger partial charge in [0.05, 0.1) is 0 Å². The molecule has 0 bridgehead atoms. The summed E-state index contributed by atoms with van der Waals surface area (Å²) in [6.07, 6.45) is 2.23. The van der Waals surface area contributed by atoms with Crippen molar-refractivity contribution in [3.05, 3.63) is 65.2 Å². The van der Waals surface area contributed by atoms with Gasteiger partial charge in [0.15, 0.2) is 0 Å². The Balaban J connectivity index is 1.83. The van der Waals surface area contributed by atoms with Crippen molar-refractivity contribution in [2.24, 2.45) is 0 Å². The fraction of sp³-hybridized carbons (Fsp3) is 0.300. The van der Waals surface area contributed by atoms with E-state index in [-0.39, 0.29) is 0 Å². The lowest BCUT2D eigenvalue weighted by Crippen LogP contribution is -2.13. The van der Waals surface area contributed by atoms with E-state index in [1.807, 2.05) is 6.07 Å². The van der Waals surface area contributed by atoms with Crippen LogP contribution in [0.1, 0.15) is 24.5 Å². The van der Waals surface area contributed by atoms with Crippen molar-refractivity contribution < 1.29 is 0 Å². The van der Waals surface area contributed by atoms with Crippen LogP contribution in [-0.2, 0) is 6.42 Å². The molecule has 0 saturated carbocycles. The number of hydrogen-bond acceptors (Lipinski definition) is 2. The highest BCUT2D eigenvalue weighted by molar-refractivity contribution is 5.79. The molecule has 0 amide bonds. The zero-order valence-electron chi connectivity index (χ0n) is 13.7. The average Bonchev–Trinajstić information content (AvgIpc) is 2.81. The first-order valence-electron chi connectivity index (χ1n) is 7.92. The summed E-state index contributed by atoms with van der Waals surface area (Å²) < 4.78 is 0. The molecule has 22 heavy (non-hydrogen) atoms. The molecule has 0 aliphatic heterocycles. The third kappa shape index (κ3) is 3.23. The quantitative estimate of drug-likeness (QED) is 0.858. The van der Waals surface area contributed by atoms with Gasteiger partial charge in [-0.3, -0.25) is 0 Å². The Bertz CT molecular complexity index is 684. The zero-order chi connectivity index (χ0) is 15.5. The second kappa shape index (κ2) is 6.37. The minimum Gasteiger partial charge on any atom is -0.356 e. The molecule has 1 N–H and O–H groups in total. The minimum atomic E-state index is 1.10. The molecule has 0 heterocycles. The Morgan fingerprint density at radius 1 is 1.00 bits per heavy atom. The summed E-state index contributed by atoms with van der Waals surface area (Å²) in [5.74, 6) is 0. The number of rotatable bonds is 5. The van der Waals surface area contributed by atoms with Crippen molar-refractivity contribution in [3.63, 3.8) is 0 Å². The second-order valence-electron chi connectivity index (χ2n) is 6.35. The van der Waals surface area contributed by atoms with Crippen molar-refractivity contribution in [2.45, 2.75) is 19.8 Å². The zero-order valence-corrected chi connectivity index (χ0v) is 13.7. The van der Waals surface area contributed by atoms with Crippen LogP contribution in [-0.4, -0.2) is 25.5 Å². The van der Waals surface area contributed by atoms with Gasteiger partial charge in [-0.25, -0.2) is 0 Å². The highest BCUT2D eigenvalue weighted by atomic mass is 15.0. The maximum atomic E-state index is 3.50. The summed E-state index contributed by atoms with van der Waals surface area (Å²) in [6.45, 7) is 3.37. The van der Waals surface area contributed by atoms with E-state index in [0.717, 1.165) is 25.1 Å². The van der Waals surface area contributed by atoms with Gasteiger partial charge in [0.25, 0.3) is 0 Å². The van der Waals surface area contributed by atoms with E-state index >= 15 is 0 Å². The Morgan fingerprint density at radius 3 is 2.50 bits per heavy atom. The van der Waals surface area contributed by atoms with Crippen LogP contribution in [0.4, 0.5) is 11.4 Å². The maximum Gasteiger partial charge on any atom is 0.0390 e. The molecule has 0 spiro atoms. The normalized spacial score (nSPS) is 13.6. The van der Waals surface area contributed by atoms with Gasteiger partial charge >= 0.3 is 0 Å². The van der Waals surface area contributed by atoms with Crippen LogP contribution < -0.4 is 5.32 Å². The third-order valence-corrected chi connectivity index (χ3v) is 4.28. The Hall–Kier alpha value is -2.06. The van der Waals surface area contributed by atoms with E-state index in [9.17, 15) is 0 Å². The van der Waals surface area contributed by atoms with Crippen LogP contribution in [0.3, 0.4) is 0 Å². The van der Waals surface area contributed by atoms with E-state index in [1.165, 1.54) is 28.0 Å². The van der Waals surface area contributed by atoms with Crippen LogP contribution >= 0.6 is 0 Å². The van der Waals surface area contributed by atoms with Crippen molar-refractivity contribution in [3.8, 4) is 0 Å². The van der Waals surface area contributed by atoms with Crippen molar-refractivity contribution in [1.82, 2.24) is 4.90 Å². The standard InChI is InChI=1S/C20H24N2/c1-15-13-16-9-10-18(21-17-7-5-4-6-8-17)14-20(16)19(15)11-12-22(2)3/h4-10,14,21H,11-13H2,1-3H3. The summed E-state index contributed by atoms with van der Waals surface area (Å²) in [5.41, 5.74) is 8.25. The molecule has 0 saturated heterocycles. The van der Waals surface area contributed by atoms with Gasteiger partial charge in [-0.1, -0.05) is 29.8 Å². The average molecular weight is 292 g/mol. The number of benzene rings is 2. The number of fused-ring (bicyclic) bond motifs is 1. The number of para-hydroxylation sites is 1. The minimum absolute atomic E-state index is 1.10. The maximum absolute atomic E-state index is 3.50. The van der Waals surface area contributed by atoms with Gasteiger partial charge in [-0.2, -0.15) is 0 Å². The first-order valence-corrected chi connectivity index (χ1v) is 7.92. The summed E-state index contributed by atoms with van der Waals surface area (Å²) >= 11 is 0. The fourth-order valence-electron chi connectivity index (χ4n) is 3.08. The Morgan fingerprint density at radius 2 is 1.77 bits per heavy atom. The SMILES string of the molecule is CC1=C(CCN(C)C)c2cc(Nc3ccccc3)ccc2C1. The molecule has 2 nitrogen and oxygen atoms in total. The summed E-state index contributed by atoms with van der Waals surface area (Å²) in [7, 11) is 4.28. The van der Waals surface area contributed by atoms with E-state index in [1.54, 1.807) is 0 Å². The van der Waals surface area contributed by atoms with E-state index < -0.39 is 0 Å². The van der Waals surface area contributed by atoms with E-state index in [2.05, 4.69) is 73.7 Å². The van der Waals surface area contributed by atoms with Crippen LogP contribution in [0.2, 0.25) is 0 Å². The molecule has 0 radical (unpaired) electrons. The molecule has 0 unspecified atom stereocenters. The predicted octanol–water partition coefficient (Wildman–Crippen LogP) is 4.71. The number of nitrogens with zero attached hydrogens (tertiary/aromatic N) is 1. The molecular formula is C20H24N2. The van der Waals surface area contributed by atoms with Crippen LogP contribution in [0.15, 0.2) is 54.1 Å². The van der Waals surface area contributed by atoms with E-state index in [4.69, 9.17) is 0 Å². The monoisotopic (exact) mass is 292 g/mol. The van der Waals surface area contributed by atoms with E-state index in [0.29, 0.717) is 0 Å². The Labute approximate surface area is 133 Å². The van der Waals surface area contributed by atoms with Gasteiger partial charge < -0.3 is 10.2 Å². The molecule has 2 aromatic rings. The molecule has 0 aromatic heterocycles. The lowest BCUT2D eigenvalue weighted by atomic mass is 10.0. The van der Waals surface area contributed by atoms with Crippen molar-refractivity contribution in [1.29, 1.82) is 0 Å². The third-order valence-electron chi connectivity index (χ3n) is 4.28.